The van der Waals surface area contributed by atoms with Gasteiger partial charge in [0.05, 0.1) is 12.7 Å². The molecule has 1 radical (unpaired) electrons. The zero-order valence-corrected chi connectivity index (χ0v) is 11.7. The van der Waals surface area contributed by atoms with Crippen LogP contribution in [0.2, 0.25) is 0 Å². The number of ether oxygens (including phenoxy) is 2. The van der Waals surface area contributed by atoms with Crippen molar-refractivity contribution in [2.75, 3.05) is 6.61 Å². The van der Waals surface area contributed by atoms with E-state index in [0.29, 0.717) is 5.92 Å². The van der Waals surface area contributed by atoms with Crippen LogP contribution in [0, 0.1) is 5.92 Å². The summed E-state index contributed by atoms with van der Waals surface area (Å²) in [5.41, 5.74) is 0.961. The van der Waals surface area contributed by atoms with Crippen molar-refractivity contribution >= 4 is 0 Å². The van der Waals surface area contributed by atoms with Crippen LogP contribution >= 0.6 is 0 Å². The molecule has 0 aromatic heterocycles. The van der Waals surface area contributed by atoms with Crippen molar-refractivity contribution in [2.24, 2.45) is 5.92 Å². The van der Waals surface area contributed by atoms with Crippen LogP contribution in [-0.2, 0) is 42.2 Å². The van der Waals surface area contributed by atoms with E-state index in [1.54, 1.807) is 0 Å². The molecule has 0 amide bonds. The first-order valence-electron chi connectivity index (χ1n) is 4.70. The van der Waals surface area contributed by atoms with Gasteiger partial charge in [0.2, 0.25) is 0 Å². The predicted molar refractivity (Wildman–Crippen MR) is 48.2 cm³/mol. The van der Waals surface area contributed by atoms with E-state index in [4.69, 9.17) is 14.6 Å². The van der Waals surface area contributed by atoms with Gasteiger partial charge < -0.3 is 14.6 Å². The van der Waals surface area contributed by atoms with Gasteiger partial charge >= 0.3 is 0 Å². The summed E-state index contributed by atoms with van der Waals surface area (Å²) in [5, 5.41) is 9.10. The Labute approximate surface area is 110 Å². The Morgan fingerprint density at radius 1 is 1.43 bits per heavy atom. The molecular weight excluding hydrogens is 257 g/mol. The SMILES string of the molecule is C[C@@H]1C=C(CO)[C@H]2OC(C)(C)OC12.[Y]. The van der Waals surface area contributed by atoms with Crippen molar-refractivity contribution in [3.8, 4) is 0 Å². The van der Waals surface area contributed by atoms with Gasteiger partial charge in [-0.2, -0.15) is 0 Å². The summed E-state index contributed by atoms with van der Waals surface area (Å²) in [6.07, 6.45) is 2.11. The number of hydrogen-bond donors (Lipinski definition) is 1. The average molecular weight is 273 g/mol. The monoisotopic (exact) mass is 273 g/mol. The molecule has 0 aromatic carbocycles. The zero-order valence-electron chi connectivity index (χ0n) is 8.86. The predicted octanol–water partition coefficient (Wildman–Crippen LogP) is 1.07. The van der Waals surface area contributed by atoms with E-state index >= 15 is 0 Å². The molecule has 1 heterocycles. The molecule has 1 aliphatic carbocycles. The van der Waals surface area contributed by atoms with E-state index in [1.807, 2.05) is 19.9 Å². The van der Waals surface area contributed by atoms with Gasteiger partial charge in [0.25, 0.3) is 0 Å². The maximum Gasteiger partial charge on any atom is 0.164 e. The van der Waals surface area contributed by atoms with Crippen molar-refractivity contribution in [1.29, 1.82) is 0 Å². The van der Waals surface area contributed by atoms with E-state index < -0.39 is 5.79 Å². The van der Waals surface area contributed by atoms with Gasteiger partial charge in [0.1, 0.15) is 6.10 Å². The van der Waals surface area contributed by atoms with Crippen LogP contribution in [0.5, 0.6) is 0 Å². The Hall–Kier alpha value is 0.724. The number of aliphatic hydroxyl groups is 1. The van der Waals surface area contributed by atoms with Crippen LogP contribution in [0.1, 0.15) is 20.8 Å². The van der Waals surface area contributed by atoms with Crippen molar-refractivity contribution in [3.63, 3.8) is 0 Å². The summed E-state index contributed by atoms with van der Waals surface area (Å²) in [7, 11) is 0. The Kier molecular flexibility index (Phi) is 3.93. The molecule has 1 N–H and O–H groups in total. The minimum Gasteiger partial charge on any atom is -0.392 e. The fourth-order valence-electron chi connectivity index (χ4n) is 2.13. The molecule has 1 saturated heterocycles. The quantitative estimate of drug-likeness (QED) is 0.726. The van der Waals surface area contributed by atoms with Crippen molar-refractivity contribution in [2.45, 2.75) is 38.8 Å². The molecule has 1 aliphatic heterocycles. The molecular formula is C10H16O3Y. The molecule has 0 saturated carbocycles. The third-order valence-corrected chi connectivity index (χ3v) is 2.67. The van der Waals surface area contributed by atoms with Crippen LogP contribution in [-0.4, -0.2) is 29.7 Å². The molecule has 77 valence electrons. The van der Waals surface area contributed by atoms with E-state index in [0.717, 1.165) is 5.57 Å². The number of hydrogen-bond acceptors (Lipinski definition) is 3. The molecule has 4 heteroatoms. The van der Waals surface area contributed by atoms with Gasteiger partial charge in [-0.25, -0.2) is 0 Å². The van der Waals surface area contributed by atoms with Crippen LogP contribution in [0.3, 0.4) is 0 Å². The molecule has 1 fully saturated rings. The Bertz CT molecular complexity index is 250. The van der Waals surface area contributed by atoms with E-state index in [1.165, 1.54) is 0 Å². The smallest absolute Gasteiger partial charge is 0.164 e. The maximum absolute atomic E-state index is 9.10. The first-order valence-corrected chi connectivity index (χ1v) is 4.70. The van der Waals surface area contributed by atoms with Crippen molar-refractivity contribution in [3.05, 3.63) is 11.6 Å². The topological polar surface area (TPSA) is 38.7 Å². The van der Waals surface area contributed by atoms with Gasteiger partial charge in [-0.3, -0.25) is 0 Å². The number of aliphatic hydroxyl groups excluding tert-OH is 1. The zero-order chi connectivity index (χ0) is 9.64. The van der Waals surface area contributed by atoms with E-state index in [-0.39, 0.29) is 51.5 Å². The third kappa shape index (κ3) is 2.12. The summed E-state index contributed by atoms with van der Waals surface area (Å²) in [6, 6.07) is 0. The Balaban J connectivity index is 0.000000980. The number of fused-ring (bicyclic) bond motifs is 1. The Morgan fingerprint density at radius 2 is 2.07 bits per heavy atom. The molecule has 1 unspecified atom stereocenters. The second-order valence-electron chi connectivity index (χ2n) is 4.28. The summed E-state index contributed by atoms with van der Waals surface area (Å²) in [4.78, 5) is 0. The molecule has 2 aliphatic rings. The molecule has 14 heavy (non-hydrogen) atoms. The van der Waals surface area contributed by atoms with Crippen LogP contribution in [0.4, 0.5) is 0 Å². The molecule has 0 bridgehead atoms. The second kappa shape index (κ2) is 4.30. The Morgan fingerprint density at radius 3 is 2.64 bits per heavy atom. The van der Waals surface area contributed by atoms with Crippen LogP contribution in [0.15, 0.2) is 11.6 Å². The van der Waals surface area contributed by atoms with Crippen LogP contribution < -0.4 is 0 Å². The molecule has 3 atom stereocenters. The minimum atomic E-state index is -0.502. The average Bonchev–Trinajstić information content (AvgIpc) is 2.47. The second-order valence-corrected chi connectivity index (χ2v) is 4.28. The summed E-state index contributed by atoms with van der Waals surface area (Å²) in [6.45, 7) is 5.98. The molecule has 2 rings (SSSR count). The standard InChI is InChI=1S/C10H16O3.Y/c1-6-4-7(5-11)9-8(6)12-10(2,3)13-9;/h4,6,8-9,11H,5H2,1-3H3;/t6-,8?,9-;/m1./s1. The van der Waals surface area contributed by atoms with Gasteiger partial charge in [-0.1, -0.05) is 13.0 Å². The van der Waals surface area contributed by atoms with Crippen molar-refractivity contribution < 1.29 is 47.3 Å². The summed E-state index contributed by atoms with van der Waals surface area (Å²) >= 11 is 0. The van der Waals surface area contributed by atoms with Gasteiger partial charge in [-0.15, -0.1) is 0 Å². The molecule has 0 aromatic rings. The van der Waals surface area contributed by atoms with Crippen LogP contribution in [0.25, 0.3) is 0 Å². The van der Waals surface area contributed by atoms with Gasteiger partial charge in [-0.05, 0) is 19.4 Å². The van der Waals surface area contributed by atoms with E-state index in [2.05, 4.69) is 6.92 Å². The molecule has 0 spiro atoms. The molecule has 3 nitrogen and oxygen atoms in total. The maximum atomic E-state index is 9.10. The van der Waals surface area contributed by atoms with Gasteiger partial charge in [0.15, 0.2) is 5.79 Å². The fraction of sp³-hybridized carbons (Fsp3) is 0.800. The fourth-order valence-corrected chi connectivity index (χ4v) is 2.13. The summed E-state index contributed by atoms with van der Waals surface area (Å²) < 4.78 is 11.4. The first-order chi connectivity index (χ1) is 6.03. The third-order valence-electron chi connectivity index (χ3n) is 2.67. The van der Waals surface area contributed by atoms with Gasteiger partial charge in [0, 0.05) is 38.6 Å². The largest absolute Gasteiger partial charge is 0.392 e. The summed E-state index contributed by atoms with van der Waals surface area (Å²) in [5.74, 6) is -0.160. The minimum absolute atomic E-state index is 0. The van der Waals surface area contributed by atoms with E-state index in [9.17, 15) is 0 Å². The number of rotatable bonds is 1. The first kappa shape index (κ1) is 12.8. The van der Waals surface area contributed by atoms with Crippen molar-refractivity contribution in [1.82, 2.24) is 0 Å². The normalized spacial score (nSPS) is 38.9.